The summed E-state index contributed by atoms with van der Waals surface area (Å²) in [7, 11) is 0. The third-order valence-corrected chi connectivity index (χ3v) is 5.56. The number of ketones is 1. The first kappa shape index (κ1) is 13.0. The third-order valence-electron chi connectivity index (χ3n) is 3.94. The fraction of sp³-hybridized carbons (Fsp3) is 0.500. The molecule has 2 bridgehead atoms. The molecule has 2 fully saturated rings. The van der Waals surface area contributed by atoms with Crippen LogP contribution in [0.1, 0.15) is 36.0 Å². The van der Waals surface area contributed by atoms with E-state index in [1.165, 1.54) is 0 Å². The molecule has 1 aromatic rings. The van der Waals surface area contributed by atoms with Crippen molar-refractivity contribution in [3.63, 3.8) is 0 Å². The zero-order valence-electron chi connectivity index (χ0n) is 10.2. The number of carbonyl (C=O) groups excluding carboxylic acids is 1. The Kier molecular flexibility index (Phi) is 3.33. The van der Waals surface area contributed by atoms with Crippen LogP contribution in [0, 0.1) is 23.4 Å². The van der Waals surface area contributed by atoms with E-state index in [1.807, 2.05) is 11.8 Å². The van der Waals surface area contributed by atoms with Crippen molar-refractivity contribution in [1.29, 1.82) is 0 Å². The highest BCUT2D eigenvalue weighted by molar-refractivity contribution is 8.00. The summed E-state index contributed by atoms with van der Waals surface area (Å²) in [6.07, 6.45) is 3.63. The molecule has 2 aliphatic heterocycles. The van der Waals surface area contributed by atoms with E-state index in [9.17, 15) is 18.0 Å². The normalized spacial score (nSPS) is 29.5. The van der Waals surface area contributed by atoms with Gasteiger partial charge in [-0.3, -0.25) is 4.79 Å². The Morgan fingerprint density at radius 3 is 2.21 bits per heavy atom. The summed E-state index contributed by atoms with van der Waals surface area (Å²) in [5.41, 5.74) is -0.310. The van der Waals surface area contributed by atoms with Gasteiger partial charge in [0.05, 0.1) is 5.56 Å². The molecule has 5 heteroatoms. The molecule has 0 spiro atoms. The van der Waals surface area contributed by atoms with Gasteiger partial charge in [0.2, 0.25) is 0 Å². The molecule has 1 nitrogen and oxygen atoms in total. The molecule has 0 radical (unpaired) electrons. The van der Waals surface area contributed by atoms with Crippen molar-refractivity contribution >= 4 is 17.5 Å². The number of hydrogen-bond donors (Lipinski definition) is 0. The van der Waals surface area contributed by atoms with Crippen LogP contribution in [0.3, 0.4) is 0 Å². The van der Waals surface area contributed by atoms with Crippen molar-refractivity contribution in [3.05, 3.63) is 35.1 Å². The molecule has 1 aromatic carbocycles. The number of Topliss-reactive ketones (excluding diaryl/α,β-unsaturated/α-hetero) is 1. The second-order valence-corrected chi connectivity index (χ2v) is 6.84. The van der Waals surface area contributed by atoms with Gasteiger partial charge in [-0.2, -0.15) is 11.8 Å². The predicted molar refractivity (Wildman–Crippen MR) is 67.8 cm³/mol. The van der Waals surface area contributed by atoms with Crippen molar-refractivity contribution in [2.24, 2.45) is 5.92 Å². The largest absolute Gasteiger partial charge is 0.294 e. The summed E-state index contributed by atoms with van der Waals surface area (Å²) in [6, 6.07) is 1.14. The van der Waals surface area contributed by atoms with Gasteiger partial charge in [-0.05, 0) is 31.7 Å². The molecule has 2 saturated heterocycles. The van der Waals surface area contributed by atoms with Crippen LogP contribution in [-0.4, -0.2) is 16.3 Å². The average Bonchev–Trinajstić information content (AvgIpc) is 2.72. The van der Waals surface area contributed by atoms with Gasteiger partial charge in [0.1, 0.15) is 5.82 Å². The van der Waals surface area contributed by atoms with Crippen LogP contribution in [-0.2, 0) is 0 Å². The molecular weight excluding hydrogens is 273 g/mol. The first-order valence-corrected chi connectivity index (χ1v) is 7.33. The summed E-state index contributed by atoms with van der Waals surface area (Å²) in [5.74, 6) is -4.02. The van der Waals surface area contributed by atoms with Gasteiger partial charge in [0, 0.05) is 22.5 Å². The number of benzene rings is 1. The van der Waals surface area contributed by atoms with E-state index >= 15 is 0 Å². The van der Waals surface area contributed by atoms with Gasteiger partial charge >= 0.3 is 0 Å². The van der Waals surface area contributed by atoms with Gasteiger partial charge < -0.3 is 0 Å². The minimum absolute atomic E-state index is 0.252. The zero-order chi connectivity index (χ0) is 13.6. The van der Waals surface area contributed by atoms with Crippen LogP contribution in [0.2, 0.25) is 0 Å². The summed E-state index contributed by atoms with van der Waals surface area (Å²) < 4.78 is 39.6. The Balaban J connectivity index is 1.86. The van der Waals surface area contributed by atoms with E-state index in [-0.39, 0.29) is 17.3 Å². The molecule has 0 aliphatic carbocycles. The van der Waals surface area contributed by atoms with E-state index in [2.05, 4.69) is 0 Å². The van der Waals surface area contributed by atoms with Gasteiger partial charge in [-0.25, -0.2) is 13.2 Å². The summed E-state index contributed by atoms with van der Waals surface area (Å²) >= 11 is 1.90. The van der Waals surface area contributed by atoms with E-state index in [0.717, 1.165) is 25.7 Å². The third kappa shape index (κ3) is 2.40. The molecule has 3 rings (SSSR count). The lowest BCUT2D eigenvalue weighted by molar-refractivity contribution is 0.0902. The number of hydrogen-bond acceptors (Lipinski definition) is 2. The highest BCUT2D eigenvalue weighted by Gasteiger charge is 2.38. The van der Waals surface area contributed by atoms with E-state index < -0.39 is 17.5 Å². The number of carbonyl (C=O) groups is 1. The minimum atomic E-state index is -1.26. The highest BCUT2D eigenvalue weighted by Crippen LogP contribution is 2.46. The average molecular weight is 286 g/mol. The van der Waals surface area contributed by atoms with Crippen molar-refractivity contribution in [1.82, 2.24) is 0 Å². The van der Waals surface area contributed by atoms with E-state index in [4.69, 9.17) is 0 Å². The Bertz CT molecular complexity index is 520. The van der Waals surface area contributed by atoms with Gasteiger partial charge in [0.25, 0.3) is 0 Å². The number of fused-ring (bicyclic) bond motifs is 2. The lowest BCUT2D eigenvalue weighted by Gasteiger charge is -2.26. The maximum Gasteiger partial charge on any atom is 0.169 e. The fourth-order valence-corrected chi connectivity index (χ4v) is 4.78. The van der Waals surface area contributed by atoms with Crippen LogP contribution in [0.4, 0.5) is 13.2 Å². The maximum absolute atomic E-state index is 13.6. The Morgan fingerprint density at radius 2 is 1.58 bits per heavy atom. The highest BCUT2D eigenvalue weighted by atomic mass is 32.2. The fourth-order valence-electron chi connectivity index (χ4n) is 3.00. The monoisotopic (exact) mass is 286 g/mol. The second-order valence-electron chi connectivity index (χ2n) is 5.24. The molecule has 0 saturated carbocycles. The van der Waals surface area contributed by atoms with Crippen molar-refractivity contribution in [2.45, 2.75) is 36.2 Å². The van der Waals surface area contributed by atoms with Gasteiger partial charge in [0.15, 0.2) is 17.4 Å². The Morgan fingerprint density at radius 1 is 1.00 bits per heavy atom. The lowest BCUT2D eigenvalue weighted by Crippen LogP contribution is -2.25. The summed E-state index contributed by atoms with van der Waals surface area (Å²) in [4.78, 5) is 12.3. The molecule has 102 valence electrons. The smallest absolute Gasteiger partial charge is 0.169 e. The van der Waals surface area contributed by atoms with Gasteiger partial charge in [-0.1, -0.05) is 0 Å². The molecule has 2 unspecified atom stereocenters. The van der Waals surface area contributed by atoms with E-state index in [0.29, 0.717) is 22.6 Å². The van der Waals surface area contributed by atoms with Gasteiger partial charge in [-0.15, -0.1) is 0 Å². The van der Waals surface area contributed by atoms with Crippen LogP contribution in [0.25, 0.3) is 0 Å². The number of halogens is 3. The standard InChI is InChI=1S/C14H13F3OS/c15-11-6-13(17)12(16)5-10(11)14(18)7-3-8-1-2-9(4-7)19-8/h5-9H,1-4H2. The quantitative estimate of drug-likeness (QED) is 0.604. The lowest BCUT2D eigenvalue weighted by atomic mass is 9.90. The Hall–Kier alpha value is -0.970. The topological polar surface area (TPSA) is 17.1 Å². The molecule has 0 aromatic heterocycles. The number of rotatable bonds is 2. The summed E-state index contributed by atoms with van der Waals surface area (Å²) in [5, 5.41) is 0.919. The summed E-state index contributed by atoms with van der Waals surface area (Å²) in [6.45, 7) is 0. The first-order chi connectivity index (χ1) is 9.04. The maximum atomic E-state index is 13.6. The first-order valence-electron chi connectivity index (χ1n) is 6.39. The number of thioether (sulfide) groups is 1. The SMILES string of the molecule is O=C(c1cc(F)c(F)cc1F)C1CC2CCC(C1)S2. The van der Waals surface area contributed by atoms with Crippen LogP contribution in [0.15, 0.2) is 12.1 Å². The molecule has 0 N–H and O–H groups in total. The minimum Gasteiger partial charge on any atom is -0.294 e. The molecule has 2 aliphatic rings. The van der Waals surface area contributed by atoms with E-state index in [1.54, 1.807) is 0 Å². The predicted octanol–water partition coefficient (Wildman–Crippen LogP) is 3.96. The van der Waals surface area contributed by atoms with Crippen LogP contribution >= 0.6 is 11.8 Å². The van der Waals surface area contributed by atoms with Crippen molar-refractivity contribution < 1.29 is 18.0 Å². The van der Waals surface area contributed by atoms with Crippen molar-refractivity contribution in [3.8, 4) is 0 Å². The molecule has 2 heterocycles. The van der Waals surface area contributed by atoms with Crippen LogP contribution in [0.5, 0.6) is 0 Å². The second kappa shape index (κ2) is 4.85. The molecular formula is C14H13F3OS. The zero-order valence-corrected chi connectivity index (χ0v) is 11.0. The molecule has 0 amide bonds. The van der Waals surface area contributed by atoms with Crippen LogP contribution < -0.4 is 0 Å². The molecule has 19 heavy (non-hydrogen) atoms. The Labute approximate surface area is 113 Å². The van der Waals surface area contributed by atoms with Crippen molar-refractivity contribution in [2.75, 3.05) is 0 Å². The molecule has 2 atom stereocenters.